The Morgan fingerprint density at radius 3 is 2.86 bits per heavy atom. The SMILES string of the molecule is C=CCC(N)c1ccc(C)c(F)c1O. The van der Waals surface area contributed by atoms with Gasteiger partial charge in [0, 0.05) is 11.6 Å². The Morgan fingerprint density at radius 1 is 1.64 bits per heavy atom. The molecule has 3 heteroatoms. The van der Waals surface area contributed by atoms with E-state index < -0.39 is 11.9 Å². The van der Waals surface area contributed by atoms with E-state index in [2.05, 4.69) is 6.58 Å². The summed E-state index contributed by atoms with van der Waals surface area (Å²) in [5.41, 5.74) is 6.57. The topological polar surface area (TPSA) is 46.2 Å². The van der Waals surface area contributed by atoms with Crippen LogP contribution in [-0.2, 0) is 0 Å². The zero-order chi connectivity index (χ0) is 10.7. The first-order chi connectivity index (χ1) is 6.57. The number of phenols is 1. The monoisotopic (exact) mass is 195 g/mol. The molecule has 1 atom stereocenters. The van der Waals surface area contributed by atoms with Crippen molar-refractivity contribution < 1.29 is 9.50 Å². The van der Waals surface area contributed by atoms with Gasteiger partial charge in [-0.1, -0.05) is 18.2 Å². The third-order valence-electron chi connectivity index (χ3n) is 2.16. The van der Waals surface area contributed by atoms with Gasteiger partial charge in [-0.2, -0.15) is 0 Å². The predicted octanol–water partition coefficient (Wildman–Crippen LogP) is 2.42. The number of halogens is 1. The Bertz CT molecular complexity index is 349. The molecule has 0 saturated carbocycles. The molecule has 0 spiro atoms. The second-order valence-electron chi connectivity index (χ2n) is 3.27. The lowest BCUT2D eigenvalue weighted by atomic mass is 10.0. The van der Waals surface area contributed by atoms with Crippen molar-refractivity contribution in [2.24, 2.45) is 5.73 Å². The molecule has 3 N–H and O–H groups in total. The van der Waals surface area contributed by atoms with E-state index in [1.807, 2.05) is 0 Å². The van der Waals surface area contributed by atoms with Gasteiger partial charge in [-0.15, -0.1) is 6.58 Å². The Kier molecular flexibility index (Phi) is 3.25. The molecule has 14 heavy (non-hydrogen) atoms. The first-order valence-corrected chi connectivity index (χ1v) is 4.42. The van der Waals surface area contributed by atoms with Crippen molar-refractivity contribution >= 4 is 0 Å². The summed E-state index contributed by atoms with van der Waals surface area (Å²) in [6.07, 6.45) is 2.15. The summed E-state index contributed by atoms with van der Waals surface area (Å²) in [6.45, 7) is 5.14. The highest BCUT2D eigenvalue weighted by molar-refractivity contribution is 5.39. The minimum atomic E-state index is -0.595. The number of rotatable bonds is 3. The highest BCUT2D eigenvalue weighted by atomic mass is 19.1. The van der Waals surface area contributed by atoms with Gasteiger partial charge in [0.05, 0.1) is 0 Å². The number of hydrogen-bond donors (Lipinski definition) is 2. The minimum absolute atomic E-state index is 0.348. The molecular formula is C11H14FNO. The van der Waals surface area contributed by atoms with E-state index in [1.165, 1.54) is 0 Å². The van der Waals surface area contributed by atoms with Crippen molar-refractivity contribution in [3.05, 3.63) is 41.7 Å². The molecule has 1 aromatic carbocycles. The molecule has 0 heterocycles. The third kappa shape index (κ3) is 1.93. The maximum atomic E-state index is 13.3. The molecule has 0 aliphatic rings. The zero-order valence-electron chi connectivity index (χ0n) is 8.13. The molecule has 0 aliphatic heterocycles. The smallest absolute Gasteiger partial charge is 0.168 e. The zero-order valence-corrected chi connectivity index (χ0v) is 8.13. The van der Waals surface area contributed by atoms with E-state index in [0.29, 0.717) is 17.5 Å². The Hall–Kier alpha value is -1.35. The molecule has 0 amide bonds. The lowest BCUT2D eigenvalue weighted by molar-refractivity contribution is 0.418. The maximum Gasteiger partial charge on any atom is 0.168 e. The molecule has 2 nitrogen and oxygen atoms in total. The molecule has 0 aliphatic carbocycles. The van der Waals surface area contributed by atoms with Gasteiger partial charge in [-0.05, 0) is 18.9 Å². The number of aromatic hydroxyl groups is 1. The van der Waals surface area contributed by atoms with Gasteiger partial charge < -0.3 is 10.8 Å². The molecular weight excluding hydrogens is 181 g/mol. The summed E-state index contributed by atoms with van der Waals surface area (Å²) in [7, 11) is 0. The van der Waals surface area contributed by atoms with Crippen LogP contribution in [0.1, 0.15) is 23.6 Å². The molecule has 1 aromatic rings. The molecule has 76 valence electrons. The van der Waals surface area contributed by atoms with Crippen LogP contribution in [0.4, 0.5) is 4.39 Å². The number of nitrogens with two attached hydrogens (primary N) is 1. The molecule has 0 saturated heterocycles. The van der Waals surface area contributed by atoms with Crippen molar-refractivity contribution in [2.45, 2.75) is 19.4 Å². The Morgan fingerprint density at radius 2 is 2.29 bits per heavy atom. The van der Waals surface area contributed by atoms with Crippen LogP contribution in [0.25, 0.3) is 0 Å². The van der Waals surface area contributed by atoms with Crippen LogP contribution in [-0.4, -0.2) is 5.11 Å². The molecule has 0 bridgehead atoms. The van der Waals surface area contributed by atoms with Gasteiger partial charge in [-0.3, -0.25) is 0 Å². The van der Waals surface area contributed by atoms with E-state index in [1.54, 1.807) is 25.1 Å². The summed E-state index contributed by atoms with van der Waals surface area (Å²) in [4.78, 5) is 0. The second-order valence-corrected chi connectivity index (χ2v) is 3.27. The van der Waals surface area contributed by atoms with Gasteiger partial charge >= 0.3 is 0 Å². The van der Waals surface area contributed by atoms with E-state index in [4.69, 9.17) is 5.73 Å². The van der Waals surface area contributed by atoms with Gasteiger partial charge in [-0.25, -0.2) is 4.39 Å². The maximum absolute atomic E-state index is 13.3. The summed E-state index contributed by atoms with van der Waals surface area (Å²) >= 11 is 0. The normalized spacial score (nSPS) is 12.5. The van der Waals surface area contributed by atoms with Crippen molar-refractivity contribution in [2.75, 3.05) is 0 Å². The Balaban J connectivity index is 3.10. The van der Waals surface area contributed by atoms with E-state index in [9.17, 15) is 9.50 Å². The van der Waals surface area contributed by atoms with Gasteiger partial charge in [0.1, 0.15) is 0 Å². The molecule has 1 unspecified atom stereocenters. The van der Waals surface area contributed by atoms with Crippen LogP contribution in [0.2, 0.25) is 0 Å². The standard InChI is InChI=1S/C11H14FNO/c1-3-4-9(13)8-6-5-7(2)10(12)11(8)14/h3,5-6,9,14H,1,4,13H2,2H3. The van der Waals surface area contributed by atoms with Gasteiger partial charge in [0.15, 0.2) is 11.6 Å². The molecule has 0 fully saturated rings. The third-order valence-corrected chi connectivity index (χ3v) is 2.16. The van der Waals surface area contributed by atoms with Crippen molar-refractivity contribution in [1.82, 2.24) is 0 Å². The summed E-state index contributed by atoms with van der Waals surface area (Å²) in [6, 6.07) is 2.84. The summed E-state index contributed by atoms with van der Waals surface area (Å²) in [5.74, 6) is -0.943. The minimum Gasteiger partial charge on any atom is -0.505 e. The van der Waals surface area contributed by atoms with Crippen molar-refractivity contribution in [3.63, 3.8) is 0 Å². The quantitative estimate of drug-likeness (QED) is 0.727. The number of phenolic OH excluding ortho intramolecular Hbond substituents is 1. The lowest BCUT2D eigenvalue weighted by Crippen LogP contribution is -2.10. The molecule has 0 radical (unpaired) electrons. The fraction of sp³-hybridized carbons (Fsp3) is 0.273. The number of hydrogen-bond acceptors (Lipinski definition) is 2. The fourth-order valence-electron chi connectivity index (χ4n) is 1.29. The number of benzene rings is 1. The fourth-order valence-corrected chi connectivity index (χ4v) is 1.29. The van der Waals surface area contributed by atoms with Gasteiger partial charge in [0.25, 0.3) is 0 Å². The highest BCUT2D eigenvalue weighted by Crippen LogP contribution is 2.29. The molecule has 1 rings (SSSR count). The van der Waals surface area contributed by atoms with Crippen LogP contribution in [0.5, 0.6) is 5.75 Å². The van der Waals surface area contributed by atoms with Gasteiger partial charge in [0.2, 0.25) is 0 Å². The van der Waals surface area contributed by atoms with Crippen LogP contribution in [0, 0.1) is 12.7 Å². The first kappa shape index (κ1) is 10.7. The second kappa shape index (κ2) is 4.24. The summed E-state index contributed by atoms with van der Waals surface area (Å²) < 4.78 is 13.3. The van der Waals surface area contributed by atoms with Crippen LogP contribution < -0.4 is 5.73 Å². The van der Waals surface area contributed by atoms with E-state index in [-0.39, 0.29) is 5.75 Å². The summed E-state index contributed by atoms with van der Waals surface area (Å²) in [5, 5.41) is 9.49. The van der Waals surface area contributed by atoms with Crippen LogP contribution in [0.3, 0.4) is 0 Å². The lowest BCUT2D eigenvalue weighted by Gasteiger charge is -2.12. The molecule has 0 aromatic heterocycles. The highest BCUT2D eigenvalue weighted by Gasteiger charge is 2.14. The van der Waals surface area contributed by atoms with E-state index >= 15 is 0 Å². The van der Waals surface area contributed by atoms with Crippen molar-refractivity contribution in [1.29, 1.82) is 0 Å². The Labute approximate surface area is 82.9 Å². The van der Waals surface area contributed by atoms with Crippen LogP contribution >= 0.6 is 0 Å². The first-order valence-electron chi connectivity index (χ1n) is 4.42. The average molecular weight is 195 g/mol. The van der Waals surface area contributed by atoms with E-state index in [0.717, 1.165) is 0 Å². The largest absolute Gasteiger partial charge is 0.505 e. The predicted molar refractivity (Wildman–Crippen MR) is 54.5 cm³/mol. The average Bonchev–Trinajstić information content (AvgIpc) is 2.15. The number of aryl methyl sites for hydroxylation is 1. The van der Waals surface area contributed by atoms with Crippen LogP contribution in [0.15, 0.2) is 24.8 Å². The van der Waals surface area contributed by atoms with Crippen molar-refractivity contribution in [3.8, 4) is 5.75 Å².